The number of thioether (sulfide) groups is 1. The SMILES string of the molecule is CO[C@H]1C[C@@H]2CC[C@@H](C)[C@@](O)(O2)C(=O)C(=O)N2CCCC[C@H]2C(=O)O[C@H]([C@H](C)C[C@@H]2CC[C@@H](OCCCCc3cn(CCOCCOCCOCCOCCOCCOCCC(=O)NCCCCn4nc(-c5cccc(C(=O)NC6=NCCS6)c5)c5c(N)ncnc54)nn3)[C@H](OC)C2)CC(=O)[C@H](C)/C=C(\C)[C@@H](O)[C@@H](OC)C(=O)[C@H](C)C[C@H](C)C\C=C/C=C/C=C/1C. The molecule has 1 aliphatic carbocycles. The number of aliphatic hydroxyl groups is 2. The number of nitrogens with one attached hydrogen (secondary N) is 2. The first-order valence-electron chi connectivity index (χ1n) is 45.2. The van der Waals surface area contributed by atoms with E-state index >= 15 is 0 Å². The summed E-state index contributed by atoms with van der Waals surface area (Å²) in [4.78, 5) is 112. The van der Waals surface area contributed by atoms with Gasteiger partial charge in [0.1, 0.15) is 48.0 Å². The van der Waals surface area contributed by atoms with Crippen LogP contribution in [0.3, 0.4) is 0 Å². The molecule has 6 N–H and O–H groups in total. The highest BCUT2D eigenvalue weighted by Gasteiger charge is 2.53. The van der Waals surface area contributed by atoms with Crippen molar-refractivity contribution in [1.82, 2.24) is 50.3 Å². The van der Waals surface area contributed by atoms with Gasteiger partial charge in [-0.05, 0) is 158 Å². The Labute approximate surface area is 745 Å². The maximum absolute atomic E-state index is 14.8. The lowest BCUT2D eigenvalue weighted by atomic mass is 9.78. The van der Waals surface area contributed by atoms with Crippen molar-refractivity contribution in [1.29, 1.82) is 0 Å². The van der Waals surface area contributed by atoms with Gasteiger partial charge in [0.15, 0.2) is 16.6 Å². The standard InChI is InChI=1S/C92H138N12O21S/c1-61-22-13-11-12-14-23-62(2)76(114-8)57-72-30-28-67(7)92(113,125-72)85(109)89(111)103-35-18-15-27-73(103)90(112)124-77(58-74(105)63(3)53-66(6)83(108)84(116-10)82(107)65(5)52-61)64(4)54-68-29-31-75(78(55-68)115-9)123-38-20-16-26-71-59-102(101-99-71)37-40-118-42-44-120-46-48-122-50-49-121-47-45-119-43-41-117-39-32-79(106)94-33-17-19-36-104-87-80(86(93)96-60-97-87)81(100-104)69-24-21-25-70(56-69)88(110)98-91-95-34-51-126-91/h11-14,21,23-25,53,56,59-61,63-65,67-68,72-73,75-78,83-84,108,113H,15-20,22,26-52,54-55,57-58H2,1-10H3,(H,94,106)(H2,93,96,97)(H,95,98,110)/b13-11-,14-12+,62-23+,66-53+/t61-,63-,64-,65-,67-,68+,72+,73+,75-,76+,77+,78-,83-,84+,92-/m1/s1. The van der Waals surface area contributed by atoms with Crippen LogP contribution in [0.5, 0.6) is 0 Å². The summed E-state index contributed by atoms with van der Waals surface area (Å²) in [5.41, 5.74) is 10.8. The van der Waals surface area contributed by atoms with E-state index in [1.165, 1.54) is 30.1 Å². The number of carbonyl (C=O) groups excluding carboxylic acids is 7. The number of benzene rings is 1. The summed E-state index contributed by atoms with van der Waals surface area (Å²) in [5.74, 6) is -7.20. The molecule has 9 rings (SSSR count). The third kappa shape index (κ3) is 31.7. The second-order valence-electron chi connectivity index (χ2n) is 33.9. The second-order valence-corrected chi connectivity index (χ2v) is 34.9. The number of aromatic nitrogens is 7. The van der Waals surface area contributed by atoms with Crippen LogP contribution >= 0.6 is 11.8 Å². The Hall–Kier alpha value is -7.94. The van der Waals surface area contributed by atoms with E-state index in [0.29, 0.717) is 221 Å². The van der Waals surface area contributed by atoms with Crippen LogP contribution in [0.2, 0.25) is 0 Å². The van der Waals surface area contributed by atoms with E-state index in [1.54, 1.807) is 68.6 Å². The quantitative estimate of drug-likeness (QED) is 0.0120. The van der Waals surface area contributed by atoms with E-state index in [4.69, 9.17) is 67.7 Å². The summed E-state index contributed by atoms with van der Waals surface area (Å²) in [5, 5.41) is 44.4. The van der Waals surface area contributed by atoms with Gasteiger partial charge in [-0.1, -0.05) is 100 Å². The number of hydrogen-bond acceptors (Lipinski definition) is 29. The van der Waals surface area contributed by atoms with Crippen LogP contribution in [0, 0.1) is 35.5 Å². The van der Waals surface area contributed by atoms with Gasteiger partial charge < -0.3 is 88.3 Å². The number of unbranched alkanes of at least 4 members (excludes halogenated alkanes) is 2. The Bertz CT molecular complexity index is 4250. The van der Waals surface area contributed by atoms with E-state index in [9.17, 15) is 43.8 Å². The highest BCUT2D eigenvalue weighted by atomic mass is 32.2. The number of aliphatic imine (C=N–C) groups is 1. The second kappa shape index (κ2) is 53.9. The molecule has 2 bridgehead atoms. The van der Waals surface area contributed by atoms with Gasteiger partial charge in [0.2, 0.25) is 11.7 Å². The molecule has 698 valence electrons. The molecule has 3 fully saturated rings. The first kappa shape index (κ1) is 102. The van der Waals surface area contributed by atoms with Crippen molar-refractivity contribution in [2.75, 3.05) is 138 Å². The van der Waals surface area contributed by atoms with Crippen LogP contribution in [-0.4, -0.2) is 283 Å². The van der Waals surface area contributed by atoms with E-state index in [1.807, 2.05) is 63.4 Å². The number of ketones is 3. The highest BCUT2D eigenvalue weighted by Crippen LogP contribution is 2.39. The first-order valence-corrected chi connectivity index (χ1v) is 46.1. The number of amides is 3. The van der Waals surface area contributed by atoms with Crippen molar-refractivity contribution >= 4 is 74.8 Å². The Morgan fingerprint density at radius 1 is 0.770 bits per heavy atom. The molecule has 0 radical (unpaired) electrons. The van der Waals surface area contributed by atoms with Gasteiger partial charge in [0.25, 0.3) is 17.6 Å². The molecule has 15 atom stereocenters. The molecule has 7 heterocycles. The normalized spacial score (nSPS) is 27.2. The van der Waals surface area contributed by atoms with Crippen LogP contribution in [0.4, 0.5) is 5.82 Å². The third-order valence-electron chi connectivity index (χ3n) is 24.1. The van der Waals surface area contributed by atoms with Gasteiger partial charge in [-0.3, -0.25) is 33.8 Å². The number of ether oxygens (including phenoxy) is 12. The molecule has 33 nitrogen and oxygen atoms in total. The van der Waals surface area contributed by atoms with Crippen molar-refractivity contribution in [3.63, 3.8) is 0 Å². The number of methoxy groups -OCH3 is 3. The molecule has 1 saturated carbocycles. The highest BCUT2D eigenvalue weighted by molar-refractivity contribution is 8.14. The molecule has 3 aromatic heterocycles. The molecule has 126 heavy (non-hydrogen) atoms. The molecule has 5 aliphatic rings. The number of rotatable bonds is 40. The zero-order chi connectivity index (χ0) is 90.3. The lowest BCUT2D eigenvalue weighted by molar-refractivity contribution is -0.265. The topological polar surface area (TPSA) is 411 Å². The number of nitrogens with zero attached hydrogens (tertiary/aromatic N) is 9. The molecule has 3 amide bonds. The number of carbonyl (C=O) groups is 7. The van der Waals surface area contributed by atoms with Gasteiger partial charge in [0, 0.05) is 108 Å². The van der Waals surface area contributed by atoms with Crippen molar-refractivity contribution in [3.05, 3.63) is 95.6 Å². The number of allylic oxidation sites excluding steroid dienone is 6. The number of hydrogen-bond donors (Lipinski definition) is 5. The van der Waals surface area contributed by atoms with Gasteiger partial charge in [-0.25, -0.2) is 24.1 Å². The molecular formula is C92H138N12O21S. The molecule has 1 aromatic carbocycles. The number of Topliss-reactive ketones (excluding diaryl/α,β-unsaturated/α-hetero) is 3. The maximum atomic E-state index is 14.8. The number of aliphatic hydroxyl groups excluding tert-OH is 1. The Kier molecular flexibility index (Phi) is 43.5. The minimum atomic E-state index is -2.46. The molecular weight excluding hydrogens is 1640 g/mol. The Morgan fingerprint density at radius 3 is 2.21 bits per heavy atom. The summed E-state index contributed by atoms with van der Waals surface area (Å²) in [6.45, 7) is 20.4. The number of nitrogen functional groups attached to an aromatic ring is 1. The molecule has 0 spiro atoms. The summed E-state index contributed by atoms with van der Waals surface area (Å²) >= 11 is 1.51. The number of cyclic esters (lactones) is 1. The number of amidine groups is 1. The average molecular weight is 1780 g/mol. The lowest BCUT2D eigenvalue weighted by Gasteiger charge is -2.42. The average Bonchev–Trinajstić information content (AvgIpc) is 1.37. The molecule has 2 saturated heterocycles. The maximum Gasteiger partial charge on any atom is 0.329 e. The fourth-order valence-corrected chi connectivity index (χ4v) is 17.4. The number of nitrogens with two attached hydrogens (primary N) is 1. The van der Waals surface area contributed by atoms with E-state index in [2.05, 4.69) is 42.8 Å². The number of piperidine rings is 1. The zero-order valence-corrected chi connectivity index (χ0v) is 76.4. The summed E-state index contributed by atoms with van der Waals surface area (Å²) in [7, 11) is 4.66. The summed E-state index contributed by atoms with van der Waals surface area (Å²) in [6, 6.07) is 6.01. The van der Waals surface area contributed by atoms with Crippen LogP contribution in [0.1, 0.15) is 180 Å². The van der Waals surface area contributed by atoms with E-state index < -0.39 is 77.8 Å². The summed E-state index contributed by atoms with van der Waals surface area (Å²) < 4.78 is 74.3. The number of anilines is 1. The number of esters is 1. The van der Waals surface area contributed by atoms with Crippen molar-refractivity contribution in [2.24, 2.45) is 40.5 Å². The smallest absolute Gasteiger partial charge is 0.329 e. The van der Waals surface area contributed by atoms with Crippen LogP contribution in [0.15, 0.2) is 89.4 Å². The third-order valence-corrected chi connectivity index (χ3v) is 25.0. The van der Waals surface area contributed by atoms with Gasteiger partial charge in [0.05, 0.1) is 128 Å². The van der Waals surface area contributed by atoms with Gasteiger partial charge >= 0.3 is 5.97 Å². The fourth-order valence-electron chi connectivity index (χ4n) is 16.7. The van der Waals surface area contributed by atoms with Gasteiger partial charge in [-0.2, -0.15) is 5.10 Å². The molecule has 34 heteroatoms. The fraction of sp³-hybridized carbons (Fsp3) is 0.685. The molecule has 0 unspecified atom stereocenters. The Balaban J connectivity index is 0.615. The first-order chi connectivity index (χ1) is 60.9. The van der Waals surface area contributed by atoms with Gasteiger partial charge in [-0.15, -0.1) is 5.10 Å². The minimum Gasteiger partial charge on any atom is -0.460 e. The van der Waals surface area contributed by atoms with Crippen LogP contribution < -0.4 is 16.4 Å². The largest absolute Gasteiger partial charge is 0.460 e. The minimum absolute atomic E-state index is 0.0667. The van der Waals surface area contributed by atoms with E-state index in [-0.39, 0.29) is 85.8 Å². The van der Waals surface area contributed by atoms with Crippen molar-refractivity contribution < 1.29 is 101 Å². The number of fused-ring (bicyclic) bond motifs is 4. The molecule has 4 aromatic rings. The predicted molar refractivity (Wildman–Crippen MR) is 476 cm³/mol. The predicted octanol–water partition coefficient (Wildman–Crippen LogP) is 9.52. The zero-order valence-electron chi connectivity index (χ0n) is 75.5. The van der Waals surface area contributed by atoms with Crippen LogP contribution in [-0.2, 0) is 105 Å². The van der Waals surface area contributed by atoms with E-state index in [0.717, 1.165) is 49.1 Å². The summed E-state index contributed by atoms with van der Waals surface area (Å²) in [6.07, 6.45) is 20.1. The Morgan fingerprint density at radius 2 is 1.50 bits per heavy atom. The van der Waals surface area contributed by atoms with Crippen molar-refractivity contribution in [3.8, 4) is 11.3 Å². The molecule has 4 aliphatic heterocycles. The van der Waals surface area contributed by atoms with Crippen LogP contribution in [0.25, 0.3) is 22.3 Å². The number of aryl methyl sites for hydroxylation is 2. The monoisotopic (exact) mass is 1780 g/mol. The lowest BCUT2D eigenvalue weighted by Crippen LogP contribution is -2.61. The van der Waals surface area contributed by atoms with Crippen molar-refractivity contribution in [2.45, 2.75) is 238 Å².